The molecule has 2 aliphatic rings. The molecule has 2 N–H and O–H groups in total. The van der Waals surface area contributed by atoms with Crippen LogP contribution < -0.4 is 10.4 Å². The Morgan fingerprint density at radius 2 is 1.67 bits per heavy atom. The second-order valence-electron chi connectivity index (χ2n) is 10.8. The number of nitrogens with zero attached hydrogens (tertiary/aromatic N) is 3. The van der Waals surface area contributed by atoms with Crippen molar-refractivity contribution >= 4 is 65.4 Å². The number of oxime groups is 1. The number of thiazole rings is 1. The second kappa shape index (κ2) is 17.1. The number of ether oxygens (including phenoxy) is 2. The van der Waals surface area contributed by atoms with Crippen molar-refractivity contribution < 1.29 is 47.1 Å². The number of benzene rings is 2. The molecule has 5 rings (SSSR count). The monoisotopic (exact) mass is 757 g/mol. The van der Waals surface area contributed by atoms with Gasteiger partial charge in [-0.05, 0) is 25.0 Å². The van der Waals surface area contributed by atoms with Crippen LogP contribution in [-0.2, 0) is 47.1 Å². The maximum absolute atomic E-state index is 14.0. The number of fused-ring (bicyclic) bond motifs is 1. The topological polar surface area (TPSA) is 184 Å². The van der Waals surface area contributed by atoms with Crippen molar-refractivity contribution in [2.24, 2.45) is 5.16 Å². The molecule has 51 heavy (non-hydrogen) atoms. The van der Waals surface area contributed by atoms with Gasteiger partial charge in [0, 0.05) is 23.6 Å². The molecule has 0 bridgehead atoms. The summed E-state index contributed by atoms with van der Waals surface area (Å²) >= 11 is 2.31. The van der Waals surface area contributed by atoms with E-state index in [-0.39, 0.29) is 47.8 Å². The van der Waals surface area contributed by atoms with Gasteiger partial charge in [0.2, 0.25) is 0 Å². The van der Waals surface area contributed by atoms with E-state index >= 15 is 0 Å². The van der Waals surface area contributed by atoms with Gasteiger partial charge in [0.05, 0.1) is 13.2 Å². The largest absolute Gasteiger partial charge is 0.461 e. The van der Waals surface area contributed by atoms with E-state index < -0.39 is 49.0 Å². The lowest BCUT2D eigenvalue weighted by Gasteiger charge is -2.49. The number of anilines is 1. The smallest absolute Gasteiger partial charge is 0.434 e. The SMILES string of the molecule is CCOP(=O)(Nc1nc(C(=NOC)C(=O)NC2C(=O)N3C(C(=O)OC(c4ccccc4)c4ccccc4)=C(COC(C)=O)CSC23)cs1)OCC. The third-order valence-corrected chi connectivity index (χ3v) is 11.3. The first kappa shape index (κ1) is 37.7. The normalized spacial score (nSPS) is 17.4. The zero-order valence-electron chi connectivity index (χ0n) is 28.1. The van der Waals surface area contributed by atoms with Crippen LogP contribution in [0.1, 0.15) is 43.7 Å². The number of hydrogen-bond acceptors (Lipinski definition) is 14. The molecule has 0 spiro atoms. The van der Waals surface area contributed by atoms with Crippen LogP contribution in [0.25, 0.3) is 0 Å². The lowest BCUT2D eigenvalue weighted by Crippen LogP contribution is -2.71. The summed E-state index contributed by atoms with van der Waals surface area (Å²) in [4.78, 5) is 63.5. The summed E-state index contributed by atoms with van der Waals surface area (Å²) in [5.74, 6) is -2.51. The molecule has 2 aromatic carbocycles. The predicted octanol–water partition coefficient (Wildman–Crippen LogP) is 4.64. The van der Waals surface area contributed by atoms with E-state index in [0.717, 1.165) is 11.3 Å². The molecule has 3 aromatic rings. The molecule has 18 heteroatoms. The minimum atomic E-state index is -3.71. The van der Waals surface area contributed by atoms with Crippen molar-refractivity contribution in [1.82, 2.24) is 15.2 Å². The number of carbonyl (C=O) groups excluding carboxylic acids is 4. The summed E-state index contributed by atoms with van der Waals surface area (Å²) in [6.07, 6.45) is -0.802. The van der Waals surface area contributed by atoms with Crippen LogP contribution in [0.5, 0.6) is 0 Å². The standard InChI is InChI=1S/C33H36N5O10PS2/c1-5-46-49(43,47-6-2)37-33-34-24(19-51-33)25(36-44-4)29(40)35-26-30(41)38-27(23(17-45-20(3)39)18-50-31(26)38)32(42)48-28(21-13-9-7-10-14-21)22-15-11-8-12-16-22/h7-16,19,26,28,31H,5-6,17-18H2,1-4H3,(H,35,40)(H,34,37,43). The number of rotatable bonds is 16. The summed E-state index contributed by atoms with van der Waals surface area (Å²) in [7, 11) is -2.47. The van der Waals surface area contributed by atoms with Gasteiger partial charge in [-0.25, -0.2) is 14.3 Å². The minimum Gasteiger partial charge on any atom is -0.461 e. The van der Waals surface area contributed by atoms with Crippen molar-refractivity contribution in [3.05, 3.63) is 94.1 Å². The van der Waals surface area contributed by atoms with E-state index in [1.807, 2.05) is 60.7 Å². The highest BCUT2D eigenvalue weighted by atomic mass is 32.2. The first-order chi connectivity index (χ1) is 24.6. The highest BCUT2D eigenvalue weighted by Crippen LogP contribution is 2.48. The molecule has 0 saturated carbocycles. The number of hydrogen-bond donors (Lipinski definition) is 2. The third-order valence-electron chi connectivity index (χ3n) is 7.38. The van der Waals surface area contributed by atoms with Crippen molar-refractivity contribution in [2.75, 3.05) is 37.8 Å². The fourth-order valence-corrected chi connectivity index (χ4v) is 8.80. The summed E-state index contributed by atoms with van der Waals surface area (Å²) in [6.45, 7) is 4.58. The fraction of sp³-hybridized carbons (Fsp3) is 0.333. The molecule has 1 saturated heterocycles. The average molecular weight is 758 g/mol. The highest BCUT2D eigenvalue weighted by molar-refractivity contribution is 8.00. The van der Waals surface area contributed by atoms with Crippen molar-refractivity contribution in [3.63, 3.8) is 0 Å². The molecule has 1 fully saturated rings. The van der Waals surface area contributed by atoms with Crippen LogP contribution >= 0.6 is 30.8 Å². The number of thioether (sulfide) groups is 1. The van der Waals surface area contributed by atoms with Gasteiger partial charge >= 0.3 is 19.7 Å². The van der Waals surface area contributed by atoms with E-state index in [0.29, 0.717) is 16.7 Å². The Morgan fingerprint density at radius 1 is 1.04 bits per heavy atom. The molecule has 270 valence electrons. The summed E-state index contributed by atoms with van der Waals surface area (Å²) in [5, 5.41) is 10.1. The molecule has 1 aromatic heterocycles. The molecule has 15 nitrogen and oxygen atoms in total. The van der Waals surface area contributed by atoms with Gasteiger partial charge < -0.3 is 19.6 Å². The highest BCUT2D eigenvalue weighted by Gasteiger charge is 2.55. The van der Waals surface area contributed by atoms with Crippen molar-refractivity contribution in [3.8, 4) is 0 Å². The molecule has 2 aliphatic heterocycles. The maximum atomic E-state index is 14.0. The number of β-lactam (4-membered cyclic amide) rings is 1. The molecular formula is C33H36N5O10PS2. The van der Waals surface area contributed by atoms with Gasteiger partial charge in [0.25, 0.3) is 11.8 Å². The lowest BCUT2D eigenvalue weighted by molar-refractivity contribution is -0.154. The number of nitrogens with one attached hydrogen (secondary N) is 2. The quantitative estimate of drug-likeness (QED) is 0.0678. The molecule has 2 unspecified atom stereocenters. The molecule has 0 radical (unpaired) electrons. The van der Waals surface area contributed by atoms with Gasteiger partial charge in [0.1, 0.15) is 36.5 Å². The average Bonchev–Trinajstić information content (AvgIpc) is 3.58. The Morgan fingerprint density at radius 3 is 2.24 bits per heavy atom. The third kappa shape index (κ3) is 8.86. The number of carbonyl (C=O) groups is 4. The van der Waals surface area contributed by atoms with Crippen LogP contribution in [0.3, 0.4) is 0 Å². The Balaban J connectivity index is 1.36. The predicted molar refractivity (Wildman–Crippen MR) is 190 cm³/mol. The Kier molecular flexibility index (Phi) is 12.7. The lowest BCUT2D eigenvalue weighted by atomic mass is 10.0. The minimum absolute atomic E-state index is 0.0543. The van der Waals surface area contributed by atoms with Gasteiger partial charge in [0.15, 0.2) is 16.9 Å². The summed E-state index contributed by atoms with van der Waals surface area (Å²) < 4.78 is 34.8. The van der Waals surface area contributed by atoms with Crippen molar-refractivity contribution in [1.29, 1.82) is 0 Å². The molecule has 2 atom stereocenters. The molecule has 0 aliphatic carbocycles. The Hall–Kier alpha value is -4.54. The Labute approximate surface area is 302 Å². The van der Waals surface area contributed by atoms with Gasteiger partial charge in [-0.15, -0.1) is 23.1 Å². The van der Waals surface area contributed by atoms with Crippen LogP contribution in [0.2, 0.25) is 0 Å². The van der Waals surface area contributed by atoms with E-state index in [1.54, 1.807) is 13.8 Å². The van der Waals surface area contributed by atoms with E-state index in [1.165, 1.54) is 36.1 Å². The number of esters is 2. The van der Waals surface area contributed by atoms with E-state index in [2.05, 4.69) is 20.5 Å². The zero-order valence-corrected chi connectivity index (χ0v) is 30.6. The zero-order chi connectivity index (χ0) is 36.5. The molecule has 3 heterocycles. The fourth-order valence-electron chi connectivity index (χ4n) is 5.22. The van der Waals surface area contributed by atoms with Gasteiger partial charge in [-0.3, -0.25) is 33.4 Å². The first-order valence-corrected chi connectivity index (χ1v) is 19.2. The van der Waals surface area contributed by atoms with Crippen LogP contribution in [-0.4, -0.2) is 83.4 Å². The number of aromatic nitrogens is 1. The van der Waals surface area contributed by atoms with Gasteiger partial charge in [-0.1, -0.05) is 65.8 Å². The second-order valence-corrected chi connectivity index (χ2v) is 14.5. The van der Waals surface area contributed by atoms with Crippen molar-refractivity contribution in [2.45, 2.75) is 38.3 Å². The van der Waals surface area contributed by atoms with E-state index in [9.17, 15) is 23.7 Å². The molecule has 2 amide bonds. The first-order valence-electron chi connectivity index (χ1n) is 15.7. The maximum Gasteiger partial charge on any atom is 0.434 e. The van der Waals surface area contributed by atoms with Gasteiger partial charge in [-0.2, -0.15) is 0 Å². The summed E-state index contributed by atoms with van der Waals surface area (Å²) in [5.41, 5.74) is 1.57. The Bertz CT molecular complexity index is 1810. The van der Waals surface area contributed by atoms with Crippen LogP contribution in [0.15, 0.2) is 82.5 Å². The van der Waals surface area contributed by atoms with E-state index in [4.69, 9.17) is 23.4 Å². The number of amides is 2. The molecular weight excluding hydrogens is 721 g/mol. The van der Waals surface area contributed by atoms with Crippen LogP contribution in [0, 0.1) is 0 Å². The summed E-state index contributed by atoms with van der Waals surface area (Å²) in [6, 6.07) is 17.3. The van der Waals surface area contributed by atoms with Crippen LogP contribution in [0.4, 0.5) is 5.13 Å².